The van der Waals surface area contributed by atoms with Gasteiger partial charge in [0.05, 0.1) is 0 Å². The first kappa shape index (κ1) is 13.7. The average Bonchev–Trinajstić information content (AvgIpc) is 2.51. The van der Waals surface area contributed by atoms with Crippen LogP contribution in [0.25, 0.3) is 11.1 Å². The number of para-hydroxylation sites is 1. The molecule has 3 rings (SSSR count). The minimum absolute atomic E-state index is 0.158. The van der Waals surface area contributed by atoms with E-state index in [1.54, 1.807) is 24.3 Å². The fourth-order valence-corrected chi connectivity index (χ4v) is 2.12. The van der Waals surface area contributed by atoms with Crippen LogP contribution < -0.4 is 4.74 Å². The Morgan fingerprint density at radius 3 is 2.33 bits per heavy atom. The molecule has 0 saturated carbocycles. The van der Waals surface area contributed by atoms with Crippen molar-refractivity contribution in [2.75, 3.05) is 0 Å². The maximum absolute atomic E-state index is 14.1. The molecule has 0 aliphatic heterocycles. The first-order chi connectivity index (χ1) is 10.2. The Bertz CT molecular complexity index is 739. The molecule has 0 N–H and O–H groups in total. The zero-order chi connectivity index (χ0) is 14.7. The van der Waals surface area contributed by atoms with Crippen molar-refractivity contribution >= 4 is 11.6 Å². The van der Waals surface area contributed by atoms with Gasteiger partial charge in [-0.15, -0.1) is 0 Å². The van der Waals surface area contributed by atoms with Gasteiger partial charge in [-0.25, -0.2) is 4.39 Å². The fourth-order valence-electron chi connectivity index (χ4n) is 2.00. The molecule has 0 spiro atoms. The van der Waals surface area contributed by atoms with Crippen LogP contribution in [0.1, 0.15) is 0 Å². The molecule has 0 aromatic heterocycles. The maximum Gasteiger partial charge on any atom is 0.171 e. The Hall–Kier alpha value is -2.32. The van der Waals surface area contributed by atoms with Gasteiger partial charge in [-0.3, -0.25) is 0 Å². The molecule has 103 valence electrons. The summed E-state index contributed by atoms with van der Waals surface area (Å²) in [6, 6.07) is 22.1. The Labute approximate surface area is 127 Å². The van der Waals surface area contributed by atoms with Gasteiger partial charge < -0.3 is 4.74 Å². The van der Waals surface area contributed by atoms with Gasteiger partial charge in [0.1, 0.15) is 5.75 Å². The van der Waals surface area contributed by atoms with Gasteiger partial charge in [-0.2, -0.15) is 0 Å². The molecule has 0 fully saturated rings. The predicted octanol–water partition coefficient (Wildman–Crippen LogP) is 5.74. The van der Waals surface area contributed by atoms with Crippen molar-refractivity contribution in [2.45, 2.75) is 0 Å². The summed E-state index contributed by atoms with van der Waals surface area (Å²) in [4.78, 5) is 0. The summed E-state index contributed by atoms with van der Waals surface area (Å²) in [6.07, 6.45) is 0. The minimum atomic E-state index is -0.428. The Balaban J connectivity index is 2.05. The molecular formula is C18H11ClFO. The normalized spacial score (nSPS) is 10.4. The van der Waals surface area contributed by atoms with E-state index in [1.165, 1.54) is 12.1 Å². The van der Waals surface area contributed by atoms with Crippen LogP contribution in [0.15, 0.2) is 66.7 Å². The van der Waals surface area contributed by atoms with E-state index in [1.807, 2.05) is 30.3 Å². The van der Waals surface area contributed by atoms with Crippen LogP contribution in [-0.2, 0) is 0 Å². The molecule has 3 aromatic carbocycles. The minimum Gasteiger partial charge on any atom is -0.454 e. The van der Waals surface area contributed by atoms with E-state index >= 15 is 0 Å². The van der Waals surface area contributed by atoms with E-state index in [0.717, 1.165) is 5.56 Å². The molecule has 0 aliphatic carbocycles. The van der Waals surface area contributed by atoms with E-state index in [-0.39, 0.29) is 5.75 Å². The lowest BCUT2D eigenvalue weighted by Crippen LogP contribution is -1.92. The molecule has 0 saturated heterocycles. The van der Waals surface area contributed by atoms with E-state index in [4.69, 9.17) is 16.3 Å². The number of halogens is 2. The molecular weight excluding hydrogens is 287 g/mol. The molecule has 0 aliphatic rings. The topological polar surface area (TPSA) is 9.23 Å². The Morgan fingerprint density at radius 2 is 1.62 bits per heavy atom. The first-order valence-electron chi connectivity index (χ1n) is 6.43. The molecule has 0 heterocycles. The maximum atomic E-state index is 14.1. The number of benzene rings is 3. The van der Waals surface area contributed by atoms with Crippen LogP contribution in [0.3, 0.4) is 0 Å². The highest BCUT2D eigenvalue weighted by Crippen LogP contribution is 2.35. The fraction of sp³-hybridized carbons (Fsp3) is 0. The Morgan fingerprint density at radius 1 is 0.905 bits per heavy atom. The van der Waals surface area contributed by atoms with E-state index in [9.17, 15) is 4.39 Å². The van der Waals surface area contributed by atoms with E-state index in [2.05, 4.69) is 6.07 Å². The first-order valence-corrected chi connectivity index (χ1v) is 6.81. The second-order valence-corrected chi connectivity index (χ2v) is 4.89. The number of ether oxygens (including phenoxy) is 1. The summed E-state index contributed by atoms with van der Waals surface area (Å²) in [7, 11) is 0. The van der Waals surface area contributed by atoms with Crippen molar-refractivity contribution in [3.05, 3.63) is 83.6 Å². The van der Waals surface area contributed by atoms with Crippen molar-refractivity contribution in [3.8, 4) is 22.6 Å². The van der Waals surface area contributed by atoms with Gasteiger partial charge >= 0.3 is 0 Å². The standard InChI is InChI=1S/C18H11ClFO/c19-14-11-9-13(10-12-14)16-7-4-8-17(20)18(16)21-15-5-2-1-3-6-15/h1-6,8-12H. The number of rotatable bonds is 3. The molecule has 21 heavy (non-hydrogen) atoms. The van der Waals surface area contributed by atoms with Crippen molar-refractivity contribution in [2.24, 2.45) is 0 Å². The third kappa shape index (κ3) is 3.06. The summed E-state index contributed by atoms with van der Waals surface area (Å²) < 4.78 is 19.8. The molecule has 0 amide bonds. The van der Waals surface area contributed by atoms with Gasteiger partial charge in [0.15, 0.2) is 11.6 Å². The van der Waals surface area contributed by atoms with Crippen LogP contribution in [0.5, 0.6) is 11.5 Å². The van der Waals surface area contributed by atoms with Crippen molar-refractivity contribution < 1.29 is 9.13 Å². The molecule has 0 atom stereocenters. The van der Waals surface area contributed by atoms with Crippen molar-refractivity contribution in [1.82, 2.24) is 0 Å². The zero-order valence-electron chi connectivity index (χ0n) is 11.0. The van der Waals surface area contributed by atoms with Gasteiger partial charge in [-0.1, -0.05) is 48.0 Å². The second kappa shape index (κ2) is 5.98. The van der Waals surface area contributed by atoms with Crippen LogP contribution >= 0.6 is 11.6 Å². The second-order valence-electron chi connectivity index (χ2n) is 4.45. The monoisotopic (exact) mass is 297 g/mol. The smallest absolute Gasteiger partial charge is 0.171 e. The van der Waals surface area contributed by atoms with Gasteiger partial charge in [0.2, 0.25) is 0 Å². The molecule has 3 aromatic rings. The molecule has 3 heteroatoms. The molecule has 0 bridgehead atoms. The average molecular weight is 298 g/mol. The van der Waals surface area contributed by atoms with E-state index in [0.29, 0.717) is 16.3 Å². The summed E-state index contributed by atoms with van der Waals surface area (Å²) >= 11 is 5.88. The molecule has 1 radical (unpaired) electrons. The molecule has 0 unspecified atom stereocenters. The zero-order valence-corrected chi connectivity index (χ0v) is 11.8. The molecule has 1 nitrogen and oxygen atoms in total. The number of hydrogen-bond acceptors (Lipinski definition) is 1. The third-order valence-electron chi connectivity index (χ3n) is 3.00. The lowest BCUT2D eigenvalue weighted by atomic mass is 10.0. The largest absolute Gasteiger partial charge is 0.454 e. The highest BCUT2D eigenvalue weighted by atomic mass is 35.5. The summed E-state index contributed by atoms with van der Waals surface area (Å²) in [5.74, 6) is 0.305. The van der Waals surface area contributed by atoms with Gasteiger partial charge in [0, 0.05) is 10.6 Å². The summed E-state index contributed by atoms with van der Waals surface area (Å²) in [6.45, 7) is 0. The highest BCUT2D eigenvalue weighted by molar-refractivity contribution is 6.30. The van der Waals surface area contributed by atoms with E-state index < -0.39 is 5.82 Å². The summed E-state index contributed by atoms with van der Waals surface area (Å²) in [5, 5.41) is 0.626. The van der Waals surface area contributed by atoms with Crippen molar-refractivity contribution in [3.63, 3.8) is 0 Å². The van der Waals surface area contributed by atoms with Gasteiger partial charge in [0.25, 0.3) is 0 Å². The quantitative estimate of drug-likeness (QED) is 0.599. The van der Waals surface area contributed by atoms with Crippen LogP contribution in [0, 0.1) is 11.9 Å². The summed E-state index contributed by atoms with van der Waals surface area (Å²) in [5.41, 5.74) is 1.36. The third-order valence-corrected chi connectivity index (χ3v) is 3.25. The Kier molecular flexibility index (Phi) is 3.89. The highest BCUT2D eigenvalue weighted by Gasteiger charge is 2.13. The lowest BCUT2D eigenvalue weighted by molar-refractivity contribution is 0.444. The van der Waals surface area contributed by atoms with Crippen LogP contribution in [0.2, 0.25) is 5.02 Å². The number of hydrogen-bond donors (Lipinski definition) is 0. The van der Waals surface area contributed by atoms with Gasteiger partial charge in [-0.05, 0) is 42.0 Å². The van der Waals surface area contributed by atoms with Crippen LogP contribution in [0.4, 0.5) is 4.39 Å². The van der Waals surface area contributed by atoms with Crippen molar-refractivity contribution in [1.29, 1.82) is 0 Å². The SMILES string of the molecule is Fc1cc[c]c(-c2ccc(Cl)cc2)c1Oc1ccccc1. The predicted molar refractivity (Wildman–Crippen MR) is 82.2 cm³/mol. The van der Waals surface area contributed by atoms with Crippen LogP contribution in [-0.4, -0.2) is 0 Å². The lowest BCUT2D eigenvalue weighted by Gasteiger charge is -2.12.